The third kappa shape index (κ3) is 9.95. The second kappa shape index (κ2) is 9.76. The van der Waals surface area contributed by atoms with E-state index in [-0.39, 0.29) is 0 Å². The molecule has 0 amide bonds. The summed E-state index contributed by atoms with van der Waals surface area (Å²) >= 11 is 0. The fraction of sp³-hybridized carbons (Fsp3) is 0.643. The lowest BCUT2D eigenvalue weighted by molar-refractivity contribution is -0.165. The van der Waals surface area contributed by atoms with Gasteiger partial charge in [-0.2, -0.15) is 13.2 Å². The molecule has 4 heteroatoms. The summed E-state index contributed by atoms with van der Waals surface area (Å²) in [7, 11) is 0. The Morgan fingerprint density at radius 3 is 2.33 bits per heavy atom. The van der Waals surface area contributed by atoms with Crippen LogP contribution in [0.5, 0.6) is 0 Å². The van der Waals surface area contributed by atoms with Gasteiger partial charge in [0.1, 0.15) is 0 Å². The molecule has 0 spiro atoms. The van der Waals surface area contributed by atoms with Crippen LogP contribution in [0, 0.1) is 11.8 Å². The summed E-state index contributed by atoms with van der Waals surface area (Å²) < 4.78 is 35.3. The zero-order valence-electron chi connectivity index (χ0n) is 10.6. The van der Waals surface area contributed by atoms with Crippen molar-refractivity contribution in [3.63, 3.8) is 0 Å². The van der Waals surface area contributed by atoms with E-state index in [1.165, 1.54) is 25.7 Å². The summed E-state index contributed by atoms with van der Waals surface area (Å²) in [5.74, 6) is 3.30. The smallest absolute Gasteiger partial charge is 0.285 e. The molecule has 18 heavy (non-hydrogen) atoms. The van der Waals surface area contributed by atoms with Gasteiger partial charge in [-0.05, 0) is 18.6 Å². The monoisotopic (exact) mass is 260 g/mol. The molecule has 0 aromatic carbocycles. The number of halogens is 3. The second-order valence-electron chi connectivity index (χ2n) is 4.03. The van der Waals surface area contributed by atoms with Crippen LogP contribution in [0.3, 0.4) is 0 Å². The van der Waals surface area contributed by atoms with Gasteiger partial charge >= 0.3 is 6.18 Å². The summed E-state index contributed by atoms with van der Waals surface area (Å²) in [4.78, 5) is 10.4. The summed E-state index contributed by atoms with van der Waals surface area (Å²) in [6.45, 7) is 2.15. The van der Waals surface area contributed by atoms with E-state index in [4.69, 9.17) is 0 Å². The standard InChI is InChI=1S/C14H19F3O/c1-2-3-4-5-6-7-8-9-10-11-12-13(18)14(15,16)17/h11-12H,2-8H2,1H3/b12-11+. The first kappa shape index (κ1) is 16.8. The number of rotatable bonds is 7. The minimum atomic E-state index is -4.79. The van der Waals surface area contributed by atoms with Crippen LogP contribution in [0.25, 0.3) is 0 Å². The highest BCUT2D eigenvalue weighted by molar-refractivity contribution is 5.94. The summed E-state index contributed by atoms with van der Waals surface area (Å²) in [5.41, 5.74) is 0. The highest BCUT2D eigenvalue weighted by atomic mass is 19.4. The van der Waals surface area contributed by atoms with E-state index in [1.807, 2.05) is 0 Å². The second-order valence-corrected chi connectivity index (χ2v) is 4.03. The number of hydrogen-bond acceptors (Lipinski definition) is 1. The molecule has 0 fully saturated rings. The van der Waals surface area contributed by atoms with E-state index in [1.54, 1.807) is 0 Å². The van der Waals surface area contributed by atoms with Crippen LogP contribution in [-0.2, 0) is 4.79 Å². The Labute approximate surface area is 106 Å². The normalized spacial score (nSPS) is 11.3. The van der Waals surface area contributed by atoms with Crippen LogP contribution < -0.4 is 0 Å². The topological polar surface area (TPSA) is 17.1 Å². The van der Waals surface area contributed by atoms with Crippen molar-refractivity contribution in [3.8, 4) is 11.8 Å². The van der Waals surface area contributed by atoms with Crippen molar-refractivity contribution in [1.82, 2.24) is 0 Å². The average Bonchev–Trinajstić information content (AvgIpc) is 2.30. The van der Waals surface area contributed by atoms with Crippen molar-refractivity contribution < 1.29 is 18.0 Å². The van der Waals surface area contributed by atoms with Crippen molar-refractivity contribution in [3.05, 3.63) is 12.2 Å². The summed E-state index contributed by atoms with van der Waals surface area (Å²) in [6, 6.07) is 0. The molecule has 0 aliphatic heterocycles. The van der Waals surface area contributed by atoms with E-state index in [9.17, 15) is 18.0 Å². The molecule has 0 aromatic rings. The maximum Gasteiger partial charge on any atom is 0.454 e. The van der Waals surface area contributed by atoms with Gasteiger partial charge in [-0.15, -0.1) is 0 Å². The molecule has 0 radical (unpaired) electrons. The highest BCUT2D eigenvalue weighted by Gasteiger charge is 2.35. The maximum atomic E-state index is 11.8. The first-order valence-corrected chi connectivity index (χ1v) is 6.24. The SMILES string of the molecule is CCCCCCCCC#C/C=C/C(=O)C(F)(F)F. The molecule has 102 valence electrons. The van der Waals surface area contributed by atoms with Crippen LogP contribution in [0.4, 0.5) is 13.2 Å². The third-order valence-electron chi connectivity index (χ3n) is 2.35. The zero-order chi connectivity index (χ0) is 13.9. The Morgan fingerprint density at radius 1 is 1.11 bits per heavy atom. The molecule has 0 saturated heterocycles. The number of alkyl halides is 3. The van der Waals surface area contributed by atoms with E-state index in [2.05, 4.69) is 18.8 Å². The molecule has 0 atom stereocenters. The van der Waals surface area contributed by atoms with Crippen LogP contribution in [0.1, 0.15) is 51.9 Å². The highest BCUT2D eigenvalue weighted by Crippen LogP contribution is 2.16. The van der Waals surface area contributed by atoms with Gasteiger partial charge in [0.15, 0.2) is 0 Å². The van der Waals surface area contributed by atoms with Gasteiger partial charge in [0.25, 0.3) is 5.78 Å². The molecular formula is C14H19F3O. The first-order valence-electron chi connectivity index (χ1n) is 6.24. The van der Waals surface area contributed by atoms with Crippen LogP contribution in [-0.4, -0.2) is 12.0 Å². The Morgan fingerprint density at radius 2 is 1.72 bits per heavy atom. The lowest BCUT2D eigenvalue weighted by atomic mass is 10.1. The molecular weight excluding hydrogens is 241 g/mol. The zero-order valence-corrected chi connectivity index (χ0v) is 10.6. The molecule has 0 aliphatic carbocycles. The molecule has 0 rings (SSSR count). The molecule has 0 bridgehead atoms. The molecule has 0 aliphatic rings. The molecule has 0 aromatic heterocycles. The maximum absolute atomic E-state index is 11.8. The van der Waals surface area contributed by atoms with E-state index in [0.717, 1.165) is 18.9 Å². The summed E-state index contributed by atoms with van der Waals surface area (Å²) in [6.07, 6.45) is 4.21. The van der Waals surface area contributed by atoms with E-state index < -0.39 is 12.0 Å². The minimum Gasteiger partial charge on any atom is -0.285 e. The summed E-state index contributed by atoms with van der Waals surface area (Å²) in [5, 5.41) is 0. The largest absolute Gasteiger partial charge is 0.454 e. The Hall–Kier alpha value is -1.24. The molecule has 0 saturated carbocycles. The number of ketones is 1. The van der Waals surface area contributed by atoms with Gasteiger partial charge in [0.2, 0.25) is 0 Å². The van der Waals surface area contributed by atoms with Gasteiger partial charge in [-0.1, -0.05) is 50.9 Å². The van der Waals surface area contributed by atoms with Crippen LogP contribution >= 0.6 is 0 Å². The van der Waals surface area contributed by atoms with Gasteiger partial charge < -0.3 is 0 Å². The molecule has 0 unspecified atom stereocenters. The van der Waals surface area contributed by atoms with Gasteiger partial charge in [0.05, 0.1) is 0 Å². The minimum absolute atomic E-state index is 0.467. The predicted molar refractivity (Wildman–Crippen MR) is 66.0 cm³/mol. The Bertz CT molecular complexity index is 318. The lowest BCUT2D eigenvalue weighted by Crippen LogP contribution is -2.19. The van der Waals surface area contributed by atoms with Gasteiger partial charge in [-0.3, -0.25) is 4.79 Å². The predicted octanol–water partition coefficient (Wildman–Crippen LogP) is 4.43. The van der Waals surface area contributed by atoms with Gasteiger partial charge in [-0.25, -0.2) is 0 Å². The number of allylic oxidation sites excluding steroid dienone is 2. The number of carbonyl (C=O) groups excluding carboxylic acids is 1. The first-order chi connectivity index (χ1) is 8.48. The molecule has 0 heterocycles. The quantitative estimate of drug-likeness (QED) is 0.376. The Kier molecular flexibility index (Phi) is 9.08. The van der Waals surface area contributed by atoms with Crippen molar-refractivity contribution in [2.75, 3.05) is 0 Å². The van der Waals surface area contributed by atoms with Crippen molar-refractivity contribution in [1.29, 1.82) is 0 Å². The molecule has 0 N–H and O–H groups in total. The average molecular weight is 260 g/mol. The fourth-order valence-electron chi connectivity index (χ4n) is 1.34. The van der Waals surface area contributed by atoms with E-state index in [0.29, 0.717) is 12.5 Å². The van der Waals surface area contributed by atoms with Crippen LogP contribution in [0.15, 0.2) is 12.2 Å². The lowest BCUT2D eigenvalue weighted by Gasteiger charge is -1.97. The van der Waals surface area contributed by atoms with Crippen LogP contribution in [0.2, 0.25) is 0 Å². The number of unbranched alkanes of at least 4 members (excludes halogenated alkanes) is 6. The Balaban J connectivity index is 3.61. The molecule has 1 nitrogen and oxygen atoms in total. The van der Waals surface area contributed by atoms with Crippen molar-refractivity contribution in [2.45, 2.75) is 58.0 Å². The number of carbonyl (C=O) groups is 1. The number of hydrogen-bond donors (Lipinski definition) is 0. The van der Waals surface area contributed by atoms with Crippen molar-refractivity contribution >= 4 is 5.78 Å². The van der Waals surface area contributed by atoms with Gasteiger partial charge in [0, 0.05) is 6.42 Å². The third-order valence-corrected chi connectivity index (χ3v) is 2.35. The van der Waals surface area contributed by atoms with E-state index >= 15 is 0 Å². The van der Waals surface area contributed by atoms with Crippen molar-refractivity contribution in [2.24, 2.45) is 0 Å². The fourth-order valence-corrected chi connectivity index (χ4v) is 1.34.